The lowest BCUT2D eigenvalue weighted by molar-refractivity contribution is -0.137. The Kier molecular flexibility index (Phi) is 10.2. The molecule has 286 valence electrons. The Bertz CT molecular complexity index is 2540. The summed E-state index contributed by atoms with van der Waals surface area (Å²) in [7, 11) is 0. The van der Waals surface area contributed by atoms with Crippen LogP contribution in [0.4, 0.5) is 11.4 Å². The normalized spacial score (nSPS) is 17.4. The zero-order chi connectivity index (χ0) is 39.6. The second-order valence-electron chi connectivity index (χ2n) is 14.6. The maximum absolute atomic E-state index is 13.1. The number of aryl methyl sites for hydroxylation is 1. The van der Waals surface area contributed by atoms with Crippen molar-refractivity contribution in [3.8, 4) is 34.2 Å². The van der Waals surface area contributed by atoms with Crippen LogP contribution in [0.15, 0.2) is 79.1 Å². The minimum atomic E-state index is -0.678. The van der Waals surface area contributed by atoms with Crippen LogP contribution >= 0.6 is 0 Å². The fraction of sp³-hybridized carbons (Fsp3) is 0.267. The third-order valence-electron chi connectivity index (χ3n) is 10.7. The average Bonchev–Trinajstić information content (AvgIpc) is 3.46. The molecule has 57 heavy (non-hydrogen) atoms. The van der Waals surface area contributed by atoms with Gasteiger partial charge >= 0.3 is 0 Å². The van der Waals surface area contributed by atoms with E-state index in [1.807, 2.05) is 43.5 Å². The molecule has 5 aromatic rings. The van der Waals surface area contributed by atoms with Gasteiger partial charge in [-0.05, 0) is 90.7 Å². The number of carbonyl (C=O) groups is 5. The average molecular weight is 760 g/mol. The molecule has 4 N–H and O–H groups in total. The minimum Gasteiger partial charge on any atom is -0.380 e. The van der Waals surface area contributed by atoms with Gasteiger partial charge in [0, 0.05) is 78.4 Å². The number of nitrogens with one attached hydrogen (secondary N) is 4. The van der Waals surface area contributed by atoms with E-state index in [4.69, 9.17) is 4.98 Å². The van der Waals surface area contributed by atoms with E-state index in [1.54, 1.807) is 24.4 Å². The van der Waals surface area contributed by atoms with Crippen LogP contribution in [0, 0.1) is 11.8 Å². The van der Waals surface area contributed by atoms with Crippen LogP contribution in [0.5, 0.6) is 0 Å². The van der Waals surface area contributed by atoms with Crippen LogP contribution in [-0.2, 0) is 27.3 Å². The number of hydrogen-bond donors (Lipinski definition) is 4. The van der Waals surface area contributed by atoms with Crippen molar-refractivity contribution in [3.05, 3.63) is 107 Å². The number of unbranched alkanes of at least 4 members (excludes halogenated alkanes) is 1. The summed E-state index contributed by atoms with van der Waals surface area (Å²) in [6.07, 6.45) is 6.38. The number of amides is 5. The highest BCUT2D eigenvalue weighted by molar-refractivity contribution is 6.07. The first-order valence-electron chi connectivity index (χ1n) is 19.3. The molecule has 2 atom stereocenters. The number of piperidine rings is 1. The number of fused-ring (bicyclic) bond motifs is 3. The van der Waals surface area contributed by atoms with Gasteiger partial charge in [0.15, 0.2) is 0 Å². The van der Waals surface area contributed by atoms with Gasteiger partial charge in [-0.2, -0.15) is 0 Å². The van der Waals surface area contributed by atoms with E-state index >= 15 is 0 Å². The number of hydrogen-bond acceptors (Lipinski definition) is 8. The summed E-state index contributed by atoms with van der Waals surface area (Å²) >= 11 is 0. The number of anilines is 2. The van der Waals surface area contributed by atoms with Crippen molar-refractivity contribution in [2.45, 2.75) is 71.0 Å². The Morgan fingerprint density at radius 2 is 1.77 bits per heavy atom. The maximum atomic E-state index is 13.1. The van der Waals surface area contributed by atoms with E-state index in [2.05, 4.69) is 63.2 Å². The summed E-state index contributed by atoms with van der Waals surface area (Å²) < 4.78 is 0. The van der Waals surface area contributed by atoms with Crippen molar-refractivity contribution in [2.75, 3.05) is 17.2 Å². The summed E-state index contributed by atoms with van der Waals surface area (Å²) in [5.41, 5.74) is 8.69. The first-order chi connectivity index (χ1) is 27.7. The molecule has 0 aliphatic carbocycles. The number of benzene rings is 3. The molecule has 0 radical (unpaired) electrons. The molecule has 0 saturated carbocycles. The number of imide groups is 1. The second-order valence-corrected chi connectivity index (χ2v) is 14.6. The van der Waals surface area contributed by atoms with Crippen molar-refractivity contribution in [3.63, 3.8) is 0 Å². The molecule has 1 fully saturated rings. The number of aromatic nitrogens is 2. The molecule has 3 aromatic carbocycles. The monoisotopic (exact) mass is 759 g/mol. The quantitative estimate of drug-likeness (QED) is 0.0852. The molecular weight excluding hydrogens is 719 g/mol. The molecule has 0 spiro atoms. The molecule has 12 nitrogen and oxygen atoms in total. The van der Waals surface area contributed by atoms with Crippen molar-refractivity contribution >= 4 is 51.7 Å². The van der Waals surface area contributed by atoms with Crippen LogP contribution in [0.25, 0.3) is 33.2 Å². The third-order valence-corrected chi connectivity index (χ3v) is 10.7. The highest BCUT2D eigenvalue weighted by Crippen LogP contribution is 2.41. The molecule has 1 unspecified atom stereocenters. The van der Waals surface area contributed by atoms with Gasteiger partial charge in [-0.25, -0.2) is 0 Å². The van der Waals surface area contributed by atoms with Gasteiger partial charge < -0.3 is 20.9 Å². The lowest BCUT2D eigenvalue weighted by Gasteiger charge is -2.29. The maximum Gasteiger partial charge on any atom is 0.269 e. The van der Waals surface area contributed by atoms with Crippen LogP contribution in [0.2, 0.25) is 0 Å². The van der Waals surface area contributed by atoms with E-state index in [9.17, 15) is 24.0 Å². The van der Waals surface area contributed by atoms with Gasteiger partial charge in [-0.15, -0.1) is 0 Å². The molecule has 8 rings (SSSR count). The van der Waals surface area contributed by atoms with E-state index in [0.717, 1.165) is 67.6 Å². The number of pyridine rings is 2. The summed E-state index contributed by atoms with van der Waals surface area (Å²) in [4.78, 5) is 73.3. The van der Waals surface area contributed by atoms with Gasteiger partial charge in [0.2, 0.25) is 17.7 Å². The Hall–Kier alpha value is -6.87. The van der Waals surface area contributed by atoms with E-state index < -0.39 is 11.9 Å². The first kappa shape index (κ1) is 37.1. The molecular formula is C45H41N7O5. The highest BCUT2D eigenvalue weighted by atomic mass is 16.2. The zero-order valence-corrected chi connectivity index (χ0v) is 31.7. The molecule has 5 amide bonds. The Morgan fingerprint density at radius 3 is 2.58 bits per heavy atom. The predicted molar refractivity (Wildman–Crippen MR) is 217 cm³/mol. The summed E-state index contributed by atoms with van der Waals surface area (Å²) in [5.74, 6) is 5.02. The lowest BCUT2D eigenvalue weighted by atomic mass is 9.94. The molecule has 3 aliphatic rings. The van der Waals surface area contributed by atoms with Crippen LogP contribution < -0.4 is 21.3 Å². The Balaban J connectivity index is 0.892. The van der Waals surface area contributed by atoms with E-state index in [0.29, 0.717) is 43.5 Å². The predicted octanol–water partition coefficient (Wildman–Crippen LogP) is 5.99. The third kappa shape index (κ3) is 7.56. The standard InChI is InChI=1S/C45H41N7O5/c1-3-27-20-33(42-38(21-27)50-41(54)19-26(2)49-42)31-12-8-11-29-22-37(48-24-34(29)31)30-14-15-36(47-23-30)43(55)46-18-6-4-5-9-28-10-7-13-32-35(28)25-52(45(32)57)39-16-17-40(53)51-44(39)56/h7-8,10-15,20-24,26,39,49H,3-4,6,16-19,25H2,1-2H3,(H,46,55)(H,50,54)(H,51,53,56)/t26-,39?/m1/s1. The highest BCUT2D eigenvalue weighted by Gasteiger charge is 2.39. The van der Waals surface area contributed by atoms with Gasteiger partial charge in [0.1, 0.15) is 11.7 Å². The van der Waals surface area contributed by atoms with Crippen molar-refractivity contribution in [2.24, 2.45) is 0 Å². The molecule has 1 saturated heterocycles. The number of nitrogens with zero attached hydrogens (tertiary/aromatic N) is 3. The minimum absolute atomic E-state index is 0.00712. The second kappa shape index (κ2) is 15.7. The van der Waals surface area contributed by atoms with Crippen LogP contribution in [0.1, 0.15) is 83.5 Å². The molecule has 12 heteroatoms. The fourth-order valence-electron chi connectivity index (χ4n) is 7.72. The van der Waals surface area contributed by atoms with Crippen molar-refractivity contribution < 1.29 is 24.0 Å². The molecule has 5 heterocycles. The van der Waals surface area contributed by atoms with E-state index in [-0.39, 0.29) is 42.6 Å². The lowest BCUT2D eigenvalue weighted by Crippen LogP contribution is -2.52. The molecule has 2 aromatic heterocycles. The van der Waals surface area contributed by atoms with Crippen LogP contribution in [-0.4, -0.2) is 63.0 Å². The number of rotatable bonds is 8. The Morgan fingerprint density at radius 1 is 0.930 bits per heavy atom. The van der Waals surface area contributed by atoms with Crippen LogP contribution in [0.3, 0.4) is 0 Å². The summed E-state index contributed by atoms with van der Waals surface area (Å²) in [5, 5.41) is 13.9. The number of carbonyl (C=O) groups excluding carboxylic acids is 5. The largest absolute Gasteiger partial charge is 0.380 e. The molecule has 3 aliphatic heterocycles. The van der Waals surface area contributed by atoms with Gasteiger partial charge in [-0.3, -0.25) is 39.3 Å². The van der Waals surface area contributed by atoms with E-state index in [1.165, 1.54) is 4.90 Å². The fourth-order valence-corrected chi connectivity index (χ4v) is 7.72. The summed E-state index contributed by atoms with van der Waals surface area (Å²) in [6.45, 7) is 4.78. The van der Waals surface area contributed by atoms with Gasteiger partial charge in [-0.1, -0.05) is 43.0 Å². The first-order valence-corrected chi connectivity index (χ1v) is 19.3. The topological polar surface area (TPSA) is 162 Å². The van der Waals surface area contributed by atoms with Crippen molar-refractivity contribution in [1.29, 1.82) is 0 Å². The molecule has 0 bridgehead atoms. The zero-order valence-electron chi connectivity index (χ0n) is 31.7. The van der Waals surface area contributed by atoms with Crippen molar-refractivity contribution in [1.82, 2.24) is 25.5 Å². The summed E-state index contributed by atoms with van der Waals surface area (Å²) in [6, 6.07) is 20.6. The SMILES string of the molecule is CCc1cc2c(c(-c3cccc4cc(-c5ccc(C(=O)NCCCC#Cc6cccc7c6CN(C6CCC(=O)NC6=O)C7=O)nc5)ncc34)c1)N[C@H](C)CC(=O)N2. The smallest absolute Gasteiger partial charge is 0.269 e. The Labute approximate surface area is 329 Å². The van der Waals surface area contributed by atoms with Gasteiger partial charge in [0.05, 0.1) is 17.1 Å². The van der Waals surface area contributed by atoms with Gasteiger partial charge in [0.25, 0.3) is 11.8 Å².